The molecule has 2 rings (SSSR count). The second-order valence-corrected chi connectivity index (χ2v) is 3.53. The van der Waals surface area contributed by atoms with Crippen molar-refractivity contribution in [2.24, 2.45) is 0 Å². The minimum absolute atomic E-state index is 0.285. The molecule has 2 aromatic rings. The highest BCUT2D eigenvalue weighted by Gasteiger charge is 2.08. The van der Waals surface area contributed by atoms with Gasteiger partial charge in [-0.25, -0.2) is 9.78 Å². The largest absolute Gasteiger partial charge is 0.464 e. The predicted molar refractivity (Wildman–Crippen MR) is 65.4 cm³/mol. The summed E-state index contributed by atoms with van der Waals surface area (Å²) in [5.41, 5.74) is 8.21. The number of pyridine rings is 1. The van der Waals surface area contributed by atoms with Crippen molar-refractivity contribution >= 4 is 11.7 Å². The normalized spacial score (nSPS) is 9.94. The SMILES string of the molecule is COC(=O)c1cccc(-c2cccc(N)c2)n1. The fraction of sp³-hybridized carbons (Fsp3) is 0.0769. The maximum atomic E-state index is 11.4. The molecule has 17 heavy (non-hydrogen) atoms. The summed E-state index contributed by atoms with van der Waals surface area (Å²) < 4.78 is 4.62. The number of carbonyl (C=O) groups is 1. The van der Waals surface area contributed by atoms with Crippen LogP contribution in [0, 0.1) is 0 Å². The van der Waals surface area contributed by atoms with Gasteiger partial charge in [0.15, 0.2) is 0 Å². The van der Waals surface area contributed by atoms with Crippen LogP contribution >= 0.6 is 0 Å². The molecule has 0 spiro atoms. The van der Waals surface area contributed by atoms with Crippen LogP contribution in [-0.4, -0.2) is 18.1 Å². The lowest BCUT2D eigenvalue weighted by Crippen LogP contribution is -2.04. The molecule has 0 bridgehead atoms. The van der Waals surface area contributed by atoms with Gasteiger partial charge in [-0.3, -0.25) is 0 Å². The minimum atomic E-state index is -0.448. The molecule has 0 saturated heterocycles. The first kappa shape index (κ1) is 11.1. The van der Waals surface area contributed by atoms with Crippen molar-refractivity contribution in [2.75, 3.05) is 12.8 Å². The first-order valence-corrected chi connectivity index (χ1v) is 5.12. The lowest BCUT2D eigenvalue weighted by molar-refractivity contribution is 0.0594. The highest BCUT2D eigenvalue weighted by atomic mass is 16.5. The van der Waals surface area contributed by atoms with Crippen LogP contribution in [0.25, 0.3) is 11.3 Å². The Bertz CT molecular complexity index is 553. The molecule has 1 aromatic carbocycles. The Morgan fingerprint density at radius 2 is 2.00 bits per heavy atom. The van der Waals surface area contributed by atoms with Crippen LogP contribution < -0.4 is 5.73 Å². The Balaban J connectivity index is 2.43. The van der Waals surface area contributed by atoms with Crippen LogP contribution in [0.3, 0.4) is 0 Å². The van der Waals surface area contributed by atoms with Crippen molar-refractivity contribution in [1.82, 2.24) is 4.98 Å². The summed E-state index contributed by atoms with van der Waals surface area (Å²) in [7, 11) is 1.33. The van der Waals surface area contributed by atoms with Crippen molar-refractivity contribution in [3.05, 3.63) is 48.2 Å². The molecule has 1 aromatic heterocycles. The van der Waals surface area contributed by atoms with E-state index in [9.17, 15) is 4.79 Å². The number of rotatable bonds is 2. The zero-order valence-electron chi connectivity index (χ0n) is 9.38. The zero-order valence-corrected chi connectivity index (χ0v) is 9.38. The van der Waals surface area contributed by atoms with E-state index >= 15 is 0 Å². The van der Waals surface area contributed by atoms with Crippen LogP contribution in [0.2, 0.25) is 0 Å². The number of esters is 1. The number of nitrogens with zero attached hydrogens (tertiary/aromatic N) is 1. The molecule has 0 atom stereocenters. The van der Waals surface area contributed by atoms with E-state index in [0.29, 0.717) is 11.4 Å². The first-order valence-electron chi connectivity index (χ1n) is 5.12. The van der Waals surface area contributed by atoms with E-state index in [1.165, 1.54) is 7.11 Å². The molecule has 0 saturated carbocycles. The van der Waals surface area contributed by atoms with Gasteiger partial charge in [-0.15, -0.1) is 0 Å². The first-order chi connectivity index (χ1) is 8.20. The average molecular weight is 228 g/mol. The molecule has 1 heterocycles. The van der Waals surface area contributed by atoms with E-state index in [2.05, 4.69) is 9.72 Å². The van der Waals surface area contributed by atoms with Gasteiger partial charge in [-0.05, 0) is 24.3 Å². The van der Waals surface area contributed by atoms with E-state index in [0.717, 1.165) is 5.56 Å². The number of nitrogens with two attached hydrogens (primary N) is 1. The maximum absolute atomic E-state index is 11.4. The fourth-order valence-electron chi connectivity index (χ4n) is 1.51. The maximum Gasteiger partial charge on any atom is 0.356 e. The molecule has 4 nitrogen and oxygen atoms in total. The summed E-state index contributed by atoms with van der Waals surface area (Å²) in [5.74, 6) is -0.448. The molecule has 2 N–H and O–H groups in total. The second-order valence-electron chi connectivity index (χ2n) is 3.53. The third-order valence-electron chi connectivity index (χ3n) is 2.33. The molecular weight excluding hydrogens is 216 g/mol. The number of methoxy groups -OCH3 is 1. The summed E-state index contributed by atoms with van der Waals surface area (Å²) in [5, 5.41) is 0. The molecule has 4 heteroatoms. The lowest BCUT2D eigenvalue weighted by atomic mass is 10.1. The summed E-state index contributed by atoms with van der Waals surface area (Å²) in [6.45, 7) is 0. The van der Waals surface area contributed by atoms with Gasteiger partial charge in [0, 0.05) is 11.3 Å². The summed E-state index contributed by atoms with van der Waals surface area (Å²) in [6.07, 6.45) is 0. The van der Waals surface area contributed by atoms with Crippen molar-refractivity contribution in [3.63, 3.8) is 0 Å². The fourth-order valence-corrected chi connectivity index (χ4v) is 1.51. The van der Waals surface area contributed by atoms with E-state index in [-0.39, 0.29) is 5.69 Å². The number of aromatic nitrogens is 1. The third kappa shape index (κ3) is 2.42. The van der Waals surface area contributed by atoms with Crippen molar-refractivity contribution in [3.8, 4) is 11.3 Å². The summed E-state index contributed by atoms with van der Waals surface area (Å²) in [6, 6.07) is 12.5. The van der Waals surface area contributed by atoms with Crippen LogP contribution in [0.15, 0.2) is 42.5 Å². The topological polar surface area (TPSA) is 65.2 Å². The van der Waals surface area contributed by atoms with Gasteiger partial charge in [0.2, 0.25) is 0 Å². The molecule has 0 radical (unpaired) electrons. The molecular formula is C13H12N2O2. The van der Waals surface area contributed by atoms with Gasteiger partial charge < -0.3 is 10.5 Å². The van der Waals surface area contributed by atoms with Gasteiger partial charge in [0.05, 0.1) is 12.8 Å². The van der Waals surface area contributed by atoms with Crippen molar-refractivity contribution in [2.45, 2.75) is 0 Å². The summed E-state index contributed by atoms with van der Waals surface area (Å²) >= 11 is 0. The van der Waals surface area contributed by atoms with Gasteiger partial charge in [-0.2, -0.15) is 0 Å². The number of ether oxygens (including phenoxy) is 1. The third-order valence-corrected chi connectivity index (χ3v) is 2.33. The molecule has 0 fully saturated rings. The summed E-state index contributed by atoms with van der Waals surface area (Å²) in [4.78, 5) is 15.6. The lowest BCUT2D eigenvalue weighted by Gasteiger charge is -2.04. The number of anilines is 1. The number of nitrogen functional groups attached to an aromatic ring is 1. The van der Waals surface area contributed by atoms with Gasteiger partial charge >= 0.3 is 5.97 Å². The highest BCUT2D eigenvalue weighted by Crippen LogP contribution is 2.19. The second kappa shape index (κ2) is 4.65. The Morgan fingerprint density at radius 1 is 1.24 bits per heavy atom. The van der Waals surface area contributed by atoms with Crippen LogP contribution in [-0.2, 0) is 4.74 Å². The van der Waals surface area contributed by atoms with E-state index in [1.807, 2.05) is 24.3 Å². The van der Waals surface area contributed by atoms with E-state index in [1.54, 1.807) is 18.2 Å². The molecule has 86 valence electrons. The van der Waals surface area contributed by atoms with Gasteiger partial charge in [0.1, 0.15) is 5.69 Å². The molecule has 0 aliphatic heterocycles. The monoisotopic (exact) mass is 228 g/mol. The smallest absolute Gasteiger partial charge is 0.356 e. The van der Waals surface area contributed by atoms with Crippen LogP contribution in [0.5, 0.6) is 0 Å². The van der Waals surface area contributed by atoms with Gasteiger partial charge in [-0.1, -0.05) is 18.2 Å². The zero-order chi connectivity index (χ0) is 12.3. The predicted octanol–water partition coefficient (Wildman–Crippen LogP) is 2.12. The Labute approximate surface area is 99.1 Å². The minimum Gasteiger partial charge on any atom is -0.464 e. The van der Waals surface area contributed by atoms with Crippen molar-refractivity contribution < 1.29 is 9.53 Å². The quantitative estimate of drug-likeness (QED) is 0.631. The molecule has 0 unspecified atom stereocenters. The number of benzene rings is 1. The van der Waals surface area contributed by atoms with Gasteiger partial charge in [0.25, 0.3) is 0 Å². The molecule has 0 amide bonds. The standard InChI is InChI=1S/C13H12N2O2/c1-17-13(16)12-7-3-6-11(15-12)9-4-2-5-10(14)8-9/h2-8H,14H2,1H3. The highest BCUT2D eigenvalue weighted by molar-refractivity contribution is 5.87. The molecule has 0 aliphatic rings. The Morgan fingerprint density at radius 3 is 2.71 bits per heavy atom. The Kier molecular flexibility index (Phi) is 3.05. The van der Waals surface area contributed by atoms with Crippen LogP contribution in [0.4, 0.5) is 5.69 Å². The molecule has 0 aliphatic carbocycles. The number of carbonyl (C=O) groups excluding carboxylic acids is 1. The average Bonchev–Trinajstić information content (AvgIpc) is 2.38. The number of hydrogen-bond donors (Lipinski definition) is 1. The van der Waals surface area contributed by atoms with E-state index in [4.69, 9.17) is 5.73 Å². The van der Waals surface area contributed by atoms with Crippen molar-refractivity contribution in [1.29, 1.82) is 0 Å². The Hall–Kier alpha value is -2.36. The van der Waals surface area contributed by atoms with Crippen LogP contribution in [0.1, 0.15) is 10.5 Å². The number of hydrogen-bond acceptors (Lipinski definition) is 4. The van der Waals surface area contributed by atoms with E-state index < -0.39 is 5.97 Å².